The van der Waals surface area contributed by atoms with Crippen molar-refractivity contribution in [3.05, 3.63) is 0 Å². The van der Waals surface area contributed by atoms with E-state index in [0.29, 0.717) is 6.42 Å². The van der Waals surface area contributed by atoms with Crippen LogP contribution in [0, 0.1) is 16.7 Å². The number of hydrogen-bond acceptors (Lipinski definition) is 3. The van der Waals surface area contributed by atoms with Gasteiger partial charge in [-0.15, -0.1) is 0 Å². The van der Waals surface area contributed by atoms with E-state index in [-0.39, 0.29) is 0 Å². The van der Waals surface area contributed by atoms with Gasteiger partial charge in [0.05, 0.1) is 13.2 Å². The average Bonchev–Trinajstić information content (AvgIpc) is 2.01. The smallest absolute Gasteiger partial charge is 0.325 e. The van der Waals surface area contributed by atoms with E-state index in [1.54, 1.807) is 13.8 Å². The average molecular weight is 141 g/mol. The van der Waals surface area contributed by atoms with Crippen LogP contribution in [0.4, 0.5) is 0 Å². The zero-order chi connectivity index (χ0) is 8.20. The summed E-state index contributed by atoms with van der Waals surface area (Å²) in [6.45, 7) is 3.35. The molecule has 0 aliphatic rings. The van der Waals surface area contributed by atoms with E-state index in [4.69, 9.17) is 5.26 Å². The predicted octanol–water partition coefficient (Wildman–Crippen LogP) is 1.10. The highest BCUT2D eigenvalue weighted by molar-refractivity contribution is 5.79. The molecular weight excluding hydrogens is 130 g/mol. The quantitative estimate of drug-likeness (QED) is 0.541. The predicted molar refractivity (Wildman–Crippen MR) is 36.0 cm³/mol. The third kappa shape index (κ3) is 1.47. The molecule has 0 amide bonds. The lowest BCUT2D eigenvalue weighted by molar-refractivity contribution is -0.148. The number of hydrogen-bond donors (Lipinski definition) is 0. The number of carbonyl (C=O) groups excluding carboxylic acids is 1. The molecule has 0 aliphatic carbocycles. The lowest BCUT2D eigenvalue weighted by Gasteiger charge is -2.14. The maximum Gasteiger partial charge on any atom is 0.325 e. The summed E-state index contributed by atoms with van der Waals surface area (Å²) in [6, 6.07) is 1.90. The minimum absolute atomic E-state index is 0.461. The van der Waals surface area contributed by atoms with Crippen LogP contribution in [0.5, 0.6) is 0 Å². The molecular formula is C7H11NO2. The Morgan fingerprint density at radius 2 is 2.30 bits per heavy atom. The van der Waals surface area contributed by atoms with Crippen molar-refractivity contribution in [3.8, 4) is 6.07 Å². The lowest BCUT2D eigenvalue weighted by atomic mass is 9.90. The Balaban J connectivity index is 4.37. The van der Waals surface area contributed by atoms with E-state index in [2.05, 4.69) is 4.74 Å². The van der Waals surface area contributed by atoms with Gasteiger partial charge < -0.3 is 4.74 Å². The molecule has 56 valence electrons. The fraction of sp³-hybridized carbons (Fsp3) is 0.714. The first-order chi connectivity index (χ1) is 4.60. The summed E-state index contributed by atoms with van der Waals surface area (Å²) in [7, 11) is 1.29. The van der Waals surface area contributed by atoms with Crippen LogP contribution in [-0.2, 0) is 9.53 Å². The monoisotopic (exact) mass is 141 g/mol. The summed E-state index contributed by atoms with van der Waals surface area (Å²) >= 11 is 0. The van der Waals surface area contributed by atoms with Crippen LogP contribution >= 0.6 is 0 Å². The van der Waals surface area contributed by atoms with Gasteiger partial charge in [0.25, 0.3) is 0 Å². The number of carbonyl (C=O) groups is 1. The summed E-state index contributed by atoms with van der Waals surface area (Å²) in [5, 5.41) is 8.54. The van der Waals surface area contributed by atoms with Gasteiger partial charge in [0.1, 0.15) is 0 Å². The Bertz CT molecular complexity index is 171. The molecule has 10 heavy (non-hydrogen) atoms. The van der Waals surface area contributed by atoms with Crippen molar-refractivity contribution < 1.29 is 9.53 Å². The molecule has 1 atom stereocenters. The van der Waals surface area contributed by atoms with Gasteiger partial charge in [0.2, 0.25) is 0 Å². The van der Waals surface area contributed by atoms with Gasteiger partial charge in [0, 0.05) is 0 Å². The maximum absolute atomic E-state index is 10.9. The van der Waals surface area contributed by atoms with Crippen LogP contribution in [0.3, 0.4) is 0 Å². The Morgan fingerprint density at radius 3 is 2.40 bits per heavy atom. The molecule has 0 aromatic carbocycles. The number of nitriles is 1. The standard InChI is InChI=1S/C7H11NO2/c1-4-7(2,5-8)6(9)10-3/h4H2,1-3H3. The van der Waals surface area contributed by atoms with Gasteiger partial charge in [-0.1, -0.05) is 6.92 Å². The van der Waals surface area contributed by atoms with Gasteiger partial charge in [-0.05, 0) is 13.3 Å². The Hall–Kier alpha value is -1.04. The topological polar surface area (TPSA) is 50.1 Å². The molecule has 0 saturated carbocycles. The van der Waals surface area contributed by atoms with E-state index >= 15 is 0 Å². The molecule has 0 heterocycles. The summed E-state index contributed by atoms with van der Waals surface area (Å²) in [5.41, 5.74) is -0.964. The SMILES string of the molecule is CCC(C)(C#N)C(=O)OC. The summed E-state index contributed by atoms with van der Waals surface area (Å²) in [5.74, 6) is -0.461. The van der Waals surface area contributed by atoms with E-state index in [9.17, 15) is 4.79 Å². The van der Waals surface area contributed by atoms with Gasteiger partial charge in [-0.3, -0.25) is 4.79 Å². The number of ether oxygens (including phenoxy) is 1. The Labute approximate surface area is 60.6 Å². The fourth-order valence-electron chi connectivity index (χ4n) is 0.494. The van der Waals surface area contributed by atoms with Crippen molar-refractivity contribution in [2.24, 2.45) is 5.41 Å². The fourth-order valence-corrected chi connectivity index (χ4v) is 0.494. The molecule has 0 bridgehead atoms. The molecule has 0 spiro atoms. The zero-order valence-electron chi connectivity index (χ0n) is 6.47. The largest absolute Gasteiger partial charge is 0.468 e. The second-order valence-electron chi connectivity index (χ2n) is 2.29. The van der Waals surface area contributed by atoms with Gasteiger partial charge in [-0.25, -0.2) is 0 Å². The molecule has 0 rings (SSSR count). The molecule has 3 heteroatoms. The van der Waals surface area contributed by atoms with Gasteiger partial charge in [-0.2, -0.15) is 5.26 Å². The first kappa shape index (κ1) is 8.96. The molecule has 1 unspecified atom stereocenters. The highest BCUT2D eigenvalue weighted by atomic mass is 16.5. The van der Waals surface area contributed by atoms with Crippen molar-refractivity contribution in [2.45, 2.75) is 20.3 Å². The van der Waals surface area contributed by atoms with Crippen LogP contribution < -0.4 is 0 Å². The van der Waals surface area contributed by atoms with Crippen molar-refractivity contribution in [1.29, 1.82) is 5.26 Å². The van der Waals surface area contributed by atoms with E-state index in [1.807, 2.05) is 6.07 Å². The van der Waals surface area contributed by atoms with E-state index in [1.165, 1.54) is 7.11 Å². The maximum atomic E-state index is 10.9. The van der Waals surface area contributed by atoms with Crippen LogP contribution in [0.1, 0.15) is 20.3 Å². The van der Waals surface area contributed by atoms with E-state index in [0.717, 1.165) is 0 Å². The molecule has 0 aromatic heterocycles. The van der Waals surface area contributed by atoms with Crippen molar-refractivity contribution in [3.63, 3.8) is 0 Å². The van der Waals surface area contributed by atoms with Crippen molar-refractivity contribution in [2.75, 3.05) is 7.11 Å². The van der Waals surface area contributed by atoms with Crippen molar-refractivity contribution >= 4 is 5.97 Å². The van der Waals surface area contributed by atoms with Crippen molar-refractivity contribution in [1.82, 2.24) is 0 Å². The van der Waals surface area contributed by atoms with Crippen LogP contribution in [0.2, 0.25) is 0 Å². The highest BCUT2D eigenvalue weighted by Crippen LogP contribution is 2.20. The minimum atomic E-state index is -0.964. The first-order valence-corrected chi connectivity index (χ1v) is 3.10. The minimum Gasteiger partial charge on any atom is -0.468 e. The summed E-state index contributed by atoms with van der Waals surface area (Å²) < 4.78 is 4.44. The lowest BCUT2D eigenvalue weighted by Crippen LogP contribution is -2.26. The molecule has 3 nitrogen and oxygen atoms in total. The highest BCUT2D eigenvalue weighted by Gasteiger charge is 2.31. The first-order valence-electron chi connectivity index (χ1n) is 3.10. The third-order valence-corrected chi connectivity index (χ3v) is 1.59. The second kappa shape index (κ2) is 3.21. The van der Waals surface area contributed by atoms with E-state index < -0.39 is 11.4 Å². The molecule has 0 N–H and O–H groups in total. The molecule has 0 aliphatic heterocycles. The van der Waals surface area contributed by atoms with Gasteiger partial charge >= 0.3 is 5.97 Å². The van der Waals surface area contributed by atoms with Crippen LogP contribution in [0.25, 0.3) is 0 Å². The Kier molecular flexibility index (Phi) is 2.88. The number of rotatable bonds is 2. The number of nitrogens with zero attached hydrogens (tertiary/aromatic N) is 1. The number of esters is 1. The normalized spacial score (nSPS) is 15.0. The molecule has 0 aromatic rings. The second-order valence-corrected chi connectivity index (χ2v) is 2.29. The van der Waals surface area contributed by atoms with Crippen LogP contribution in [-0.4, -0.2) is 13.1 Å². The Morgan fingerprint density at radius 1 is 1.80 bits per heavy atom. The summed E-state index contributed by atoms with van der Waals surface area (Å²) in [4.78, 5) is 10.9. The number of methoxy groups -OCH3 is 1. The third-order valence-electron chi connectivity index (χ3n) is 1.59. The molecule has 0 radical (unpaired) electrons. The molecule has 0 saturated heterocycles. The summed E-state index contributed by atoms with van der Waals surface area (Å²) in [6.07, 6.45) is 0.482. The van der Waals surface area contributed by atoms with Gasteiger partial charge in [0.15, 0.2) is 5.41 Å². The molecule has 0 fully saturated rings. The zero-order valence-corrected chi connectivity index (χ0v) is 6.47. The van der Waals surface area contributed by atoms with Crippen LogP contribution in [0.15, 0.2) is 0 Å².